The van der Waals surface area contributed by atoms with Crippen LogP contribution in [0.4, 0.5) is 0 Å². The number of pyridine rings is 1. The number of nitrogens with zero attached hydrogens (tertiary/aromatic N) is 2. The maximum absolute atomic E-state index is 5.86. The van der Waals surface area contributed by atoms with Crippen LogP contribution in [0.2, 0.25) is 0 Å². The summed E-state index contributed by atoms with van der Waals surface area (Å²) < 4.78 is 7.06. The predicted octanol–water partition coefficient (Wildman–Crippen LogP) is 5.25. The molecule has 4 rings (SSSR count). The van der Waals surface area contributed by atoms with Crippen LogP contribution in [-0.4, -0.2) is 9.97 Å². The zero-order chi connectivity index (χ0) is 16.4. The molecule has 4 aromatic rings. The molecule has 0 saturated heterocycles. The fourth-order valence-electron chi connectivity index (χ4n) is 2.55. The molecule has 0 fully saturated rings. The molecular formula is C20H16N2OS. The first-order valence-corrected chi connectivity index (χ1v) is 8.61. The number of para-hydroxylation sites is 1. The molecule has 0 bridgehead atoms. The van der Waals surface area contributed by atoms with Crippen molar-refractivity contribution in [2.24, 2.45) is 0 Å². The lowest BCUT2D eigenvalue weighted by Gasteiger charge is -2.06. The van der Waals surface area contributed by atoms with Gasteiger partial charge in [-0.15, -0.1) is 11.3 Å². The van der Waals surface area contributed by atoms with Crippen LogP contribution in [0.3, 0.4) is 0 Å². The zero-order valence-corrected chi connectivity index (χ0v) is 14.1. The molecule has 0 unspecified atom stereocenters. The van der Waals surface area contributed by atoms with Gasteiger partial charge in [0.2, 0.25) is 0 Å². The number of fused-ring (bicyclic) bond motifs is 1. The van der Waals surface area contributed by atoms with E-state index in [1.54, 1.807) is 11.3 Å². The Hall–Kier alpha value is -2.72. The zero-order valence-electron chi connectivity index (χ0n) is 13.3. The second-order valence-electron chi connectivity index (χ2n) is 5.55. The summed E-state index contributed by atoms with van der Waals surface area (Å²) in [7, 11) is 0. The van der Waals surface area contributed by atoms with Gasteiger partial charge in [0, 0.05) is 11.3 Å². The number of hydrogen-bond acceptors (Lipinski definition) is 4. The Balaban J connectivity index is 1.47. The summed E-state index contributed by atoms with van der Waals surface area (Å²) in [5.74, 6) is 0.839. The topological polar surface area (TPSA) is 35.0 Å². The Morgan fingerprint density at radius 2 is 1.71 bits per heavy atom. The summed E-state index contributed by atoms with van der Waals surface area (Å²) in [4.78, 5) is 9.13. The normalized spacial score (nSPS) is 10.9. The summed E-state index contributed by atoms with van der Waals surface area (Å²) >= 11 is 1.67. The van der Waals surface area contributed by atoms with Gasteiger partial charge in [-0.25, -0.2) is 4.98 Å². The Bertz CT molecular complexity index is 943. The fraction of sp³-hybridized carbons (Fsp3) is 0.100. The number of aryl methyl sites for hydroxylation is 1. The smallest absolute Gasteiger partial charge is 0.140 e. The van der Waals surface area contributed by atoms with Crippen LogP contribution in [0.15, 0.2) is 66.7 Å². The lowest BCUT2D eigenvalue weighted by molar-refractivity contribution is 0.306. The van der Waals surface area contributed by atoms with E-state index in [4.69, 9.17) is 4.74 Å². The highest BCUT2D eigenvalue weighted by Gasteiger charge is 2.05. The van der Waals surface area contributed by atoms with Gasteiger partial charge in [0.15, 0.2) is 0 Å². The molecule has 0 radical (unpaired) electrons. The third-order valence-corrected chi connectivity index (χ3v) is 4.75. The van der Waals surface area contributed by atoms with Crippen LogP contribution < -0.4 is 4.74 Å². The highest BCUT2D eigenvalue weighted by molar-refractivity contribution is 7.18. The van der Waals surface area contributed by atoms with Crippen molar-refractivity contribution >= 4 is 21.6 Å². The quantitative estimate of drug-likeness (QED) is 0.512. The highest BCUT2D eigenvalue weighted by atomic mass is 32.1. The van der Waals surface area contributed by atoms with Crippen molar-refractivity contribution in [3.63, 3.8) is 0 Å². The van der Waals surface area contributed by atoms with Crippen LogP contribution in [0.1, 0.15) is 10.7 Å². The second kappa shape index (κ2) is 6.42. The van der Waals surface area contributed by atoms with Gasteiger partial charge in [0.05, 0.1) is 15.9 Å². The minimum atomic E-state index is 0.487. The third kappa shape index (κ3) is 3.14. The molecule has 0 atom stereocenters. The predicted molar refractivity (Wildman–Crippen MR) is 98.4 cm³/mol. The van der Waals surface area contributed by atoms with Gasteiger partial charge in [0.1, 0.15) is 17.4 Å². The largest absolute Gasteiger partial charge is 0.486 e. The van der Waals surface area contributed by atoms with E-state index in [2.05, 4.69) is 16.0 Å². The average Bonchev–Trinajstić information content (AvgIpc) is 3.03. The number of hydrogen-bond donors (Lipinski definition) is 0. The Morgan fingerprint density at radius 1 is 0.875 bits per heavy atom. The van der Waals surface area contributed by atoms with Crippen molar-refractivity contribution in [2.45, 2.75) is 13.5 Å². The summed E-state index contributed by atoms with van der Waals surface area (Å²) in [6, 6.07) is 22.2. The molecule has 3 nitrogen and oxygen atoms in total. The summed E-state index contributed by atoms with van der Waals surface area (Å²) in [5, 5.41) is 0.987. The van der Waals surface area contributed by atoms with Gasteiger partial charge in [-0.2, -0.15) is 0 Å². The molecule has 0 saturated carbocycles. The van der Waals surface area contributed by atoms with Gasteiger partial charge in [-0.3, -0.25) is 4.98 Å². The molecule has 0 amide bonds. The van der Waals surface area contributed by atoms with Crippen molar-refractivity contribution in [3.8, 4) is 17.0 Å². The van der Waals surface area contributed by atoms with Gasteiger partial charge < -0.3 is 4.74 Å². The van der Waals surface area contributed by atoms with E-state index in [1.807, 2.05) is 67.6 Å². The van der Waals surface area contributed by atoms with Gasteiger partial charge in [0.25, 0.3) is 0 Å². The van der Waals surface area contributed by atoms with Crippen LogP contribution in [-0.2, 0) is 6.61 Å². The van der Waals surface area contributed by atoms with Crippen LogP contribution >= 0.6 is 11.3 Å². The maximum atomic E-state index is 5.86. The number of benzene rings is 2. The Labute approximate surface area is 144 Å². The van der Waals surface area contributed by atoms with E-state index in [0.29, 0.717) is 6.61 Å². The summed E-state index contributed by atoms with van der Waals surface area (Å²) in [6.07, 6.45) is 0. The molecule has 4 heteroatoms. The molecule has 2 aromatic carbocycles. The van der Waals surface area contributed by atoms with Gasteiger partial charge in [-0.1, -0.05) is 18.2 Å². The molecule has 118 valence electrons. The number of ether oxygens (including phenoxy) is 1. The first-order chi connectivity index (χ1) is 11.8. The molecule has 0 aliphatic heterocycles. The third-order valence-electron chi connectivity index (χ3n) is 3.74. The fourth-order valence-corrected chi connectivity index (χ4v) is 3.43. The molecule has 2 aromatic heterocycles. The van der Waals surface area contributed by atoms with E-state index in [-0.39, 0.29) is 0 Å². The lowest BCUT2D eigenvalue weighted by Crippen LogP contribution is -1.94. The van der Waals surface area contributed by atoms with Gasteiger partial charge in [-0.05, 0) is 55.5 Å². The summed E-state index contributed by atoms with van der Waals surface area (Å²) in [6.45, 7) is 2.49. The van der Waals surface area contributed by atoms with E-state index in [9.17, 15) is 0 Å². The van der Waals surface area contributed by atoms with E-state index in [0.717, 1.165) is 33.2 Å². The highest BCUT2D eigenvalue weighted by Crippen LogP contribution is 2.24. The number of thiazole rings is 1. The van der Waals surface area contributed by atoms with Crippen molar-refractivity contribution in [2.75, 3.05) is 0 Å². The van der Waals surface area contributed by atoms with Crippen LogP contribution in [0.25, 0.3) is 21.5 Å². The van der Waals surface area contributed by atoms with Crippen LogP contribution in [0.5, 0.6) is 5.75 Å². The monoisotopic (exact) mass is 332 g/mol. The Kier molecular flexibility index (Phi) is 3.97. The van der Waals surface area contributed by atoms with Crippen molar-refractivity contribution in [1.82, 2.24) is 9.97 Å². The minimum absolute atomic E-state index is 0.487. The van der Waals surface area contributed by atoms with Crippen LogP contribution in [0, 0.1) is 6.92 Å². The van der Waals surface area contributed by atoms with E-state index < -0.39 is 0 Å². The van der Waals surface area contributed by atoms with E-state index >= 15 is 0 Å². The Morgan fingerprint density at radius 3 is 2.50 bits per heavy atom. The molecular weight excluding hydrogens is 316 g/mol. The first-order valence-electron chi connectivity index (χ1n) is 7.79. The van der Waals surface area contributed by atoms with Gasteiger partial charge >= 0.3 is 0 Å². The van der Waals surface area contributed by atoms with Crippen molar-refractivity contribution < 1.29 is 4.74 Å². The molecule has 0 N–H and O–H groups in total. The lowest BCUT2D eigenvalue weighted by atomic mass is 10.1. The maximum Gasteiger partial charge on any atom is 0.140 e. The standard InChI is InChI=1S/C20H16N2OS/c1-14-5-4-7-17(21-14)15-9-11-16(12-10-15)23-13-20-22-18-6-2-3-8-19(18)24-20/h2-12H,13H2,1H3. The molecule has 0 aliphatic carbocycles. The SMILES string of the molecule is Cc1cccc(-c2ccc(OCc3nc4ccccc4s3)cc2)n1. The molecule has 0 spiro atoms. The van der Waals surface area contributed by atoms with E-state index in [1.165, 1.54) is 4.70 Å². The van der Waals surface area contributed by atoms with Crippen molar-refractivity contribution in [1.29, 1.82) is 0 Å². The summed E-state index contributed by atoms with van der Waals surface area (Å²) in [5.41, 5.74) is 4.12. The average molecular weight is 332 g/mol. The minimum Gasteiger partial charge on any atom is -0.486 e. The second-order valence-corrected chi connectivity index (χ2v) is 6.67. The van der Waals surface area contributed by atoms with Crippen molar-refractivity contribution in [3.05, 3.63) is 77.4 Å². The molecule has 24 heavy (non-hydrogen) atoms. The first kappa shape index (κ1) is 14.8. The number of aromatic nitrogens is 2. The molecule has 0 aliphatic rings. The number of rotatable bonds is 4. The molecule has 2 heterocycles.